The van der Waals surface area contributed by atoms with E-state index < -0.39 is 10.1 Å². The van der Waals surface area contributed by atoms with Crippen molar-refractivity contribution in [3.8, 4) is 0 Å². The van der Waals surface area contributed by atoms with Gasteiger partial charge in [-0.1, -0.05) is 0 Å². The number of hydrogen-bond donors (Lipinski definition) is 0. The summed E-state index contributed by atoms with van der Waals surface area (Å²) in [6, 6.07) is 0. The first-order valence-corrected chi connectivity index (χ1v) is 7.93. The van der Waals surface area contributed by atoms with Gasteiger partial charge in [-0.25, -0.2) is 0 Å². The van der Waals surface area contributed by atoms with Crippen LogP contribution in [0.25, 0.3) is 0 Å². The summed E-state index contributed by atoms with van der Waals surface area (Å²) in [7, 11) is -3.26. The molecule has 1 saturated carbocycles. The molecule has 2 fully saturated rings. The molecule has 4 nitrogen and oxygen atoms in total. The molecule has 0 spiro atoms. The molecule has 2 aliphatic rings. The van der Waals surface area contributed by atoms with E-state index in [1.165, 1.54) is 32.4 Å². The Bertz CT molecular complexity index is 322. The summed E-state index contributed by atoms with van der Waals surface area (Å²) in [5.41, 5.74) is 0. The van der Waals surface area contributed by atoms with E-state index in [2.05, 4.69) is 4.90 Å². The largest absolute Gasteiger partial charge is 0.303 e. The van der Waals surface area contributed by atoms with Gasteiger partial charge in [0.2, 0.25) is 0 Å². The molecule has 1 aliphatic carbocycles. The molecule has 0 aromatic rings. The average Bonchev–Trinajstić information content (AvgIpc) is 2.63. The van der Waals surface area contributed by atoms with E-state index in [-0.39, 0.29) is 0 Å². The molecule has 0 bridgehead atoms. The Morgan fingerprint density at radius 2 is 1.81 bits per heavy atom. The molecule has 2 atom stereocenters. The van der Waals surface area contributed by atoms with Crippen molar-refractivity contribution in [2.75, 3.05) is 32.5 Å². The topological polar surface area (TPSA) is 46.6 Å². The van der Waals surface area contributed by atoms with Crippen LogP contribution in [0.4, 0.5) is 0 Å². The minimum absolute atomic E-state index is 0.386. The standard InChI is InChI=1S/C11H21NO3S/c1-16(13,14)15-9-11-5-4-10(11)8-12-6-2-3-7-12/h10-11H,2-9H2,1H3/t10-,11+/m1/s1. The summed E-state index contributed by atoms with van der Waals surface area (Å²) in [6.45, 7) is 3.96. The second-order valence-electron chi connectivity index (χ2n) is 5.09. The van der Waals surface area contributed by atoms with Crippen LogP contribution < -0.4 is 0 Å². The van der Waals surface area contributed by atoms with Crippen molar-refractivity contribution in [3.05, 3.63) is 0 Å². The summed E-state index contributed by atoms with van der Waals surface area (Å²) in [5.74, 6) is 1.11. The van der Waals surface area contributed by atoms with Crippen molar-refractivity contribution in [1.29, 1.82) is 0 Å². The SMILES string of the molecule is CS(=O)(=O)OC[C@@H]1CC[C@@H]1CN1CCCC1. The summed E-state index contributed by atoms with van der Waals surface area (Å²) < 4.78 is 26.7. The van der Waals surface area contributed by atoms with Crippen LogP contribution in [-0.4, -0.2) is 45.8 Å². The molecule has 1 saturated heterocycles. The third-order valence-electron chi connectivity index (χ3n) is 3.76. The molecule has 0 aromatic carbocycles. The second-order valence-corrected chi connectivity index (χ2v) is 6.74. The van der Waals surface area contributed by atoms with Crippen LogP contribution in [0.1, 0.15) is 25.7 Å². The third-order valence-corrected chi connectivity index (χ3v) is 4.33. The van der Waals surface area contributed by atoms with Gasteiger partial charge in [-0.05, 0) is 50.6 Å². The van der Waals surface area contributed by atoms with Gasteiger partial charge in [-0.15, -0.1) is 0 Å². The smallest absolute Gasteiger partial charge is 0.264 e. The first kappa shape index (κ1) is 12.3. The Labute approximate surface area is 98.1 Å². The molecular formula is C11H21NO3S. The van der Waals surface area contributed by atoms with Gasteiger partial charge >= 0.3 is 0 Å². The van der Waals surface area contributed by atoms with Crippen LogP contribution in [0.2, 0.25) is 0 Å². The minimum atomic E-state index is -3.26. The molecule has 1 heterocycles. The molecule has 2 rings (SSSR count). The van der Waals surface area contributed by atoms with Gasteiger partial charge in [0.15, 0.2) is 0 Å². The molecule has 0 aromatic heterocycles. The number of rotatable bonds is 5. The predicted octanol–water partition coefficient (Wildman–Crippen LogP) is 1.08. The lowest BCUT2D eigenvalue weighted by atomic mass is 9.74. The first-order valence-electron chi connectivity index (χ1n) is 6.11. The number of hydrogen-bond acceptors (Lipinski definition) is 4. The highest BCUT2D eigenvalue weighted by atomic mass is 32.2. The minimum Gasteiger partial charge on any atom is -0.303 e. The lowest BCUT2D eigenvalue weighted by Crippen LogP contribution is -2.39. The Hall–Kier alpha value is -0.130. The van der Waals surface area contributed by atoms with E-state index in [1.54, 1.807) is 0 Å². The van der Waals surface area contributed by atoms with Gasteiger partial charge in [0.25, 0.3) is 10.1 Å². The van der Waals surface area contributed by atoms with E-state index in [0.717, 1.165) is 19.2 Å². The highest BCUT2D eigenvalue weighted by Crippen LogP contribution is 2.35. The van der Waals surface area contributed by atoms with Crippen LogP contribution in [0, 0.1) is 11.8 Å². The Kier molecular flexibility index (Phi) is 3.87. The van der Waals surface area contributed by atoms with Crippen molar-refractivity contribution >= 4 is 10.1 Å². The van der Waals surface area contributed by atoms with Crippen molar-refractivity contribution in [1.82, 2.24) is 4.90 Å². The van der Waals surface area contributed by atoms with Crippen LogP contribution in [0.5, 0.6) is 0 Å². The lowest BCUT2D eigenvalue weighted by molar-refractivity contribution is 0.0780. The van der Waals surface area contributed by atoms with Crippen LogP contribution >= 0.6 is 0 Å². The van der Waals surface area contributed by atoms with E-state index in [0.29, 0.717) is 18.4 Å². The highest BCUT2D eigenvalue weighted by Gasteiger charge is 2.33. The number of nitrogens with zero attached hydrogens (tertiary/aromatic N) is 1. The monoisotopic (exact) mass is 247 g/mol. The Morgan fingerprint density at radius 3 is 2.31 bits per heavy atom. The van der Waals surface area contributed by atoms with E-state index in [1.807, 2.05) is 0 Å². The fourth-order valence-corrected chi connectivity index (χ4v) is 3.03. The van der Waals surface area contributed by atoms with Crippen molar-refractivity contribution in [2.24, 2.45) is 11.8 Å². The van der Waals surface area contributed by atoms with Gasteiger partial charge in [0.05, 0.1) is 12.9 Å². The predicted molar refractivity (Wildman–Crippen MR) is 62.7 cm³/mol. The lowest BCUT2D eigenvalue weighted by Gasteiger charge is -2.38. The summed E-state index contributed by atoms with van der Waals surface area (Å²) in [6.07, 6.45) is 6.11. The molecular weight excluding hydrogens is 226 g/mol. The molecule has 16 heavy (non-hydrogen) atoms. The highest BCUT2D eigenvalue weighted by molar-refractivity contribution is 7.85. The third kappa shape index (κ3) is 3.43. The first-order chi connectivity index (χ1) is 7.54. The second kappa shape index (κ2) is 5.02. The van der Waals surface area contributed by atoms with Gasteiger partial charge in [-0.2, -0.15) is 8.42 Å². The maximum Gasteiger partial charge on any atom is 0.264 e. The van der Waals surface area contributed by atoms with E-state index in [4.69, 9.17) is 4.18 Å². The van der Waals surface area contributed by atoms with Crippen molar-refractivity contribution in [3.63, 3.8) is 0 Å². The average molecular weight is 247 g/mol. The molecule has 0 radical (unpaired) electrons. The fraction of sp³-hybridized carbons (Fsp3) is 1.00. The van der Waals surface area contributed by atoms with Gasteiger partial charge in [0.1, 0.15) is 0 Å². The normalized spacial score (nSPS) is 31.6. The summed E-state index contributed by atoms with van der Waals surface area (Å²) in [5, 5.41) is 0. The molecule has 0 amide bonds. The van der Waals surface area contributed by atoms with Gasteiger partial charge in [0, 0.05) is 6.54 Å². The molecule has 94 valence electrons. The fourth-order valence-electron chi connectivity index (χ4n) is 2.61. The van der Waals surface area contributed by atoms with Crippen molar-refractivity contribution in [2.45, 2.75) is 25.7 Å². The zero-order valence-electron chi connectivity index (χ0n) is 9.89. The van der Waals surface area contributed by atoms with Crippen LogP contribution in [-0.2, 0) is 14.3 Å². The summed E-state index contributed by atoms with van der Waals surface area (Å²) in [4.78, 5) is 2.50. The van der Waals surface area contributed by atoms with Gasteiger partial charge < -0.3 is 4.90 Å². The number of likely N-dealkylation sites (tertiary alicyclic amines) is 1. The molecule has 0 unspecified atom stereocenters. The zero-order chi connectivity index (χ0) is 11.6. The zero-order valence-corrected chi connectivity index (χ0v) is 10.7. The van der Waals surface area contributed by atoms with Crippen LogP contribution in [0.3, 0.4) is 0 Å². The van der Waals surface area contributed by atoms with Crippen LogP contribution in [0.15, 0.2) is 0 Å². The quantitative estimate of drug-likeness (QED) is 0.682. The Balaban J connectivity index is 1.71. The maximum atomic E-state index is 10.9. The van der Waals surface area contributed by atoms with E-state index >= 15 is 0 Å². The Morgan fingerprint density at radius 1 is 1.19 bits per heavy atom. The molecule has 1 aliphatic heterocycles. The van der Waals surface area contributed by atoms with Gasteiger partial charge in [-0.3, -0.25) is 4.18 Å². The maximum absolute atomic E-state index is 10.9. The summed E-state index contributed by atoms with van der Waals surface area (Å²) >= 11 is 0. The molecule has 5 heteroatoms. The van der Waals surface area contributed by atoms with E-state index in [9.17, 15) is 8.42 Å². The molecule has 0 N–H and O–H groups in total. The van der Waals surface area contributed by atoms with Crippen molar-refractivity contribution < 1.29 is 12.6 Å².